The maximum atomic E-state index is 11.5. The number of hydrogen-bond acceptors (Lipinski definition) is 6. The Balaban J connectivity index is 3.18. The van der Waals surface area contributed by atoms with Crippen LogP contribution in [0.1, 0.15) is 24.2 Å². The minimum Gasteiger partial charge on any atom is -0.389 e. The van der Waals surface area contributed by atoms with Crippen LogP contribution in [0.25, 0.3) is 0 Å². The molecule has 0 aromatic carbocycles. The largest absolute Gasteiger partial charge is 0.389 e. The molecule has 8 heteroatoms. The van der Waals surface area contributed by atoms with Gasteiger partial charge in [0.15, 0.2) is 14.9 Å². The zero-order valence-corrected chi connectivity index (χ0v) is 11.8. The van der Waals surface area contributed by atoms with Gasteiger partial charge in [0.2, 0.25) is 5.91 Å². The lowest BCUT2D eigenvalue weighted by atomic mass is 10.1. The third-order valence-corrected chi connectivity index (χ3v) is 3.14. The molecule has 0 atom stereocenters. The molecule has 1 amide bonds. The van der Waals surface area contributed by atoms with Gasteiger partial charge in [-0.05, 0) is 26.0 Å². The summed E-state index contributed by atoms with van der Waals surface area (Å²) >= 11 is 0. The SMILES string of the molecule is CC(C)(O)CNc1cc(C(N)=O)cc(S(C)(=O)=O)n1. The highest BCUT2D eigenvalue weighted by atomic mass is 32.2. The molecular weight excluding hydrogens is 270 g/mol. The fraction of sp³-hybridized carbons (Fsp3) is 0.455. The van der Waals surface area contributed by atoms with Gasteiger partial charge in [-0.3, -0.25) is 4.79 Å². The second kappa shape index (κ2) is 5.14. The van der Waals surface area contributed by atoms with Crippen molar-refractivity contribution < 1.29 is 18.3 Å². The first-order valence-corrected chi connectivity index (χ1v) is 7.36. The van der Waals surface area contributed by atoms with Gasteiger partial charge >= 0.3 is 0 Å². The average Bonchev–Trinajstić information content (AvgIpc) is 2.23. The molecule has 4 N–H and O–H groups in total. The van der Waals surface area contributed by atoms with E-state index < -0.39 is 21.3 Å². The Bertz CT molecular complexity index is 590. The Labute approximate surface area is 111 Å². The van der Waals surface area contributed by atoms with Crippen LogP contribution in [0, 0.1) is 0 Å². The summed E-state index contributed by atoms with van der Waals surface area (Å²) in [5, 5.41) is 12.1. The van der Waals surface area contributed by atoms with Crippen LogP contribution >= 0.6 is 0 Å². The third-order valence-electron chi connectivity index (χ3n) is 2.17. The number of carbonyl (C=O) groups excluding carboxylic acids is 1. The van der Waals surface area contributed by atoms with Gasteiger partial charge in [-0.1, -0.05) is 0 Å². The van der Waals surface area contributed by atoms with Crippen LogP contribution < -0.4 is 11.1 Å². The van der Waals surface area contributed by atoms with E-state index in [2.05, 4.69) is 10.3 Å². The standard InChI is InChI=1S/C11H17N3O4S/c1-11(2,16)6-13-8-4-7(10(12)15)5-9(14-8)19(3,17)18/h4-5,16H,6H2,1-3H3,(H2,12,15)(H,13,14). The molecule has 1 aromatic heterocycles. The van der Waals surface area contributed by atoms with Crippen molar-refractivity contribution in [3.8, 4) is 0 Å². The fourth-order valence-electron chi connectivity index (χ4n) is 1.23. The molecule has 1 aromatic rings. The van der Waals surface area contributed by atoms with Crippen LogP contribution in [0.2, 0.25) is 0 Å². The Morgan fingerprint density at radius 2 is 2.05 bits per heavy atom. The molecule has 0 fully saturated rings. The molecule has 0 saturated carbocycles. The number of amides is 1. The summed E-state index contributed by atoms with van der Waals surface area (Å²) in [5.41, 5.74) is 4.17. The van der Waals surface area contributed by atoms with Crippen LogP contribution in [0.4, 0.5) is 5.82 Å². The maximum Gasteiger partial charge on any atom is 0.248 e. The molecular formula is C11H17N3O4S. The first-order valence-electron chi connectivity index (χ1n) is 5.47. The molecule has 0 unspecified atom stereocenters. The number of hydrogen-bond donors (Lipinski definition) is 3. The molecule has 0 saturated heterocycles. The number of primary amides is 1. The molecule has 1 heterocycles. The average molecular weight is 287 g/mol. The third kappa shape index (κ3) is 4.84. The second-order valence-corrected chi connectivity index (χ2v) is 6.84. The predicted octanol–water partition coefficient (Wildman–Crippen LogP) is -0.233. The fourth-order valence-corrected chi connectivity index (χ4v) is 1.84. The van der Waals surface area contributed by atoms with E-state index in [1.54, 1.807) is 13.8 Å². The topological polar surface area (TPSA) is 122 Å². The number of pyridine rings is 1. The van der Waals surface area contributed by atoms with Crippen molar-refractivity contribution in [2.75, 3.05) is 18.1 Å². The summed E-state index contributed by atoms with van der Waals surface area (Å²) in [6.45, 7) is 3.30. The Hall–Kier alpha value is -1.67. The highest BCUT2D eigenvalue weighted by Gasteiger charge is 2.16. The molecule has 0 aliphatic rings. The van der Waals surface area contributed by atoms with Crippen LogP contribution in [0.3, 0.4) is 0 Å². The number of carbonyl (C=O) groups is 1. The van der Waals surface area contributed by atoms with Gasteiger partial charge in [0.05, 0.1) is 5.60 Å². The maximum absolute atomic E-state index is 11.5. The van der Waals surface area contributed by atoms with Gasteiger partial charge < -0.3 is 16.2 Å². The summed E-state index contributed by atoms with van der Waals surface area (Å²) in [5.74, 6) is -0.586. The number of nitrogens with one attached hydrogen (secondary N) is 1. The lowest BCUT2D eigenvalue weighted by Crippen LogP contribution is -2.29. The second-order valence-electron chi connectivity index (χ2n) is 4.88. The van der Waals surface area contributed by atoms with Crippen molar-refractivity contribution in [2.24, 2.45) is 5.73 Å². The molecule has 19 heavy (non-hydrogen) atoms. The van der Waals surface area contributed by atoms with E-state index in [0.717, 1.165) is 12.3 Å². The van der Waals surface area contributed by atoms with E-state index >= 15 is 0 Å². The van der Waals surface area contributed by atoms with Crippen molar-refractivity contribution in [3.63, 3.8) is 0 Å². The van der Waals surface area contributed by atoms with Crippen LogP contribution in [0.15, 0.2) is 17.2 Å². The molecule has 0 radical (unpaired) electrons. The minimum atomic E-state index is -3.56. The van der Waals surface area contributed by atoms with Crippen molar-refractivity contribution in [1.82, 2.24) is 4.98 Å². The van der Waals surface area contributed by atoms with Gasteiger partial charge in [-0.2, -0.15) is 0 Å². The number of aliphatic hydroxyl groups is 1. The first-order chi connectivity index (χ1) is 8.49. The predicted molar refractivity (Wildman–Crippen MR) is 70.7 cm³/mol. The van der Waals surface area contributed by atoms with E-state index in [0.29, 0.717) is 0 Å². The van der Waals surface area contributed by atoms with E-state index in [1.807, 2.05) is 0 Å². The van der Waals surface area contributed by atoms with Crippen LogP contribution in [-0.4, -0.2) is 42.8 Å². The number of aromatic nitrogens is 1. The number of nitrogens with two attached hydrogens (primary N) is 1. The number of rotatable bonds is 5. The van der Waals surface area contributed by atoms with Crippen molar-refractivity contribution in [1.29, 1.82) is 0 Å². The number of nitrogens with zero attached hydrogens (tertiary/aromatic N) is 1. The van der Waals surface area contributed by atoms with Gasteiger partial charge in [0.1, 0.15) is 5.82 Å². The molecule has 0 spiro atoms. The smallest absolute Gasteiger partial charge is 0.248 e. The molecule has 0 aliphatic heterocycles. The summed E-state index contributed by atoms with van der Waals surface area (Å²) in [6.07, 6.45) is 0.986. The quantitative estimate of drug-likeness (QED) is 0.687. The summed E-state index contributed by atoms with van der Waals surface area (Å²) in [4.78, 5) is 15.0. The first kappa shape index (κ1) is 15.4. The lowest BCUT2D eigenvalue weighted by molar-refractivity contribution is 0.0944. The zero-order chi connectivity index (χ0) is 14.8. The number of sulfone groups is 1. The summed E-state index contributed by atoms with van der Waals surface area (Å²) in [7, 11) is -3.56. The monoisotopic (exact) mass is 287 g/mol. The Morgan fingerprint density at radius 3 is 2.47 bits per heavy atom. The molecule has 1 rings (SSSR count). The van der Waals surface area contributed by atoms with Gasteiger partial charge in [-0.15, -0.1) is 0 Å². The van der Waals surface area contributed by atoms with Crippen molar-refractivity contribution >= 4 is 21.6 Å². The van der Waals surface area contributed by atoms with E-state index in [4.69, 9.17) is 5.73 Å². The summed E-state index contributed by atoms with van der Waals surface area (Å²) in [6, 6.07) is 2.45. The normalized spacial score (nSPS) is 12.2. The van der Waals surface area contributed by atoms with Crippen LogP contribution in [-0.2, 0) is 9.84 Å². The van der Waals surface area contributed by atoms with Crippen molar-refractivity contribution in [2.45, 2.75) is 24.5 Å². The van der Waals surface area contributed by atoms with Gasteiger partial charge in [0.25, 0.3) is 0 Å². The lowest BCUT2D eigenvalue weighted by Gasteiger charge is -2.18. The van der Waals surface area contributed by atoms with Crippen molar-refractivity contribution in [3.05, 3.63) is 17.7 Å². The van der Waals surface area contributed by atoms with E-state index in [9.17, 15) is 18.3 Å². The minimum absolute atomic E-state index is 0.0358. The van der Waals surface area contributed by atoms with Gasteiger partial charge in [0, 0.05) is 18.4 Å². The highest BCUT2D eigenvalue weighted by Crippen LogP contribution is 2.15. The Kier molecular flexibility index (Phi) is 4.16. The Morgan fingerprint density at radius 1 is 1.47 bits per heavy atom. The zero-order valence-electron chi connectivity index (χ0n) is 11.0. The molecule has 7 nitrogen and oxygen atoms in total. The molecule has 0 aliphatic carbocycles. The number of anilines is 1. The van der Waals surface area contributed by atoms with Crippen LogP contribution in [0.5, 0.6) is 0 Å². The molecule has 106 valence electrons. The summed E-state index contributed by atoms with van der Waals surface area (Å²) < 4.78 is 22.9. The van der Waals surface area contributed by atoms with E-state index in [1.165, 1.54) is 6.07 Å². The van der Waals surface area contributed by atoms with Gasteiger partial charge in [-0.25, -0.2) is 13.4 Å². The molecule has 0 bridgehead atoms. The van der Waals surface area contributed by atoms with E-state index in [-0.39, 0.29) is 23.0 Å². The highest BCUT2D eigenvalue weighted by molar-refractivity contribution is 7.90.